The van der Waals surface area contributed by atoms with E-state index in [1.54, 1.807) is 0 Å². The summed E-state index contributed by atoms with van der Waals surface area (Å²) >= 11 is 0. The van der Waals surface area contributed by atoms with E-state index in [2.05, 4.69) is 30.9 Å². The predicted octanol–water partition coefficient (Wildman–Crippen LogP) is 1.09. The zero-order chi connectivity index (χ0) is 24.1. The van der Waals surface area contributed by atoms with Gasteiger partial charge in [-0.2, -0.15) is 31.8 Å². The van der Waals surface area contributed by atoms with Crippen molar-refractivity contribution in [1.29, 1.82) is 0 Å². The minimum absolute atomic E-state index is 0.147. The molecule has 0 bridgehead atoms. The molecule has 1 heterocycles. The third-order valence-corrected chi connectivity index (χ3v) is 5.88. The Morgan fingerprint density at radius 3 is 1.73 bits per heavy atom. The van der Waals surface area contributed by atoms with E-state index in [0.717, 1.165) is 0 Å². The number of rotatable bonds is 10. The minimum Gasteiger partial charge on any atom is -0.353 e. The van der Waals surface area contributed by atoms with Crippen LogP contribution in [0.4, 0.5) is 23.5 Å². The molecule has 0 radical (unpaired) electrons. The summed E-state index contributed by atoms with van der Waals surface area (Å²) in [7, 11) is -8.58. The molecule has 0 aliphatic rings. The molecule has 13 nitrogen and oxygen atoms in total. The second-order valence-electron chi connectivity index (χ2n) is 6.62. The van der Waals surface area contributed by atoms with E-state index in [1.807, 2.05) is 0 Å². The molecule has 3 rings (SSSR count). The van der Waals surface area contributed by atoms with E-state index < -0.39 is 20.2 Å². The zero-order valence-electron chi connectivity index (χ0n) is 17.0. The lowest BCUT2D eigenvalue weighted by molar-refractivity contribution is 0.481. The van der Waals surface area contributed by atoms with Crippen LogP contribution in [0.5, 0.6) is 0 Å². The van der Waals surface area contributed by atoms with Crippen LogP contribution in [0.2, 0.25) is 0 Å². The molecule has 0 fully saturated rings. The monoisotopic (exact) mass is 495 g/mol. The summed E-state index contributed by atoms with van der Waals surface area (Å²) < 4.78 is 62.8. The summed E-state index contributed by atoms with van der Waals surface area (Å²) in [6.07, 6.45) is 0. The molecule has 0 saturated carbocycles. The first kappa shape index (κ1) is 24.3. The van der Waals surface area contributed by atoms with Crippen molar-refractivity contribution < 1.29 is 25.9 Å². The molecule has 3 aromatic rings. The highest BCUT2D eigenvalue weighted by atomic mass is 32.2. The van der Waals surface area contributed by atoms with Gasteiger partial charge in [0.2, 0.25) is 17.8 Å². The van der Waals surface area contributed by atoms with Gasteiger partial charge in [-0.1, -0.05) is 12.1 Å². The predicted molar refractivity (Wildman–Crippen MR) is 120 cm³/mol. The van der Waals surface area contributed by atoms with Crippen molar-refractivity contribution in [3.05, 3.63) is 54.1 Å². The molecule has 0 aliphatic heterocycles. The molecule has 0 amide bonds. The third-order valence-electron chi connectivity index (χ3n) is 4.14. The molecule has 0 spiro atoms. The Kier molecular flexibility index (Phi) is 7.39. The first-order valence-electron chi connectivity index (χ1n) is 9.39. The molecule has 1 aromatic heterocycles. The van der Waals surface area contributed by atoms with E-state index in [4.69, 9.17) is 14.8 Å². The number of anilines is 4. The number of nitrogens with zero attached hydrogens (tertiary/aromatic N) is 3. The molecular weight excluding hydrogens is 474 g/mol. The van der Waals surface area contributed by atoms with Gasteiger partial charge in [0, 0.05) is 25.3 Å². The van der Waals surface area contributed by atoms with Gasteiger partial charge >= 0.3 is 0 Å². The first-order valence-corrected chi connectivity index (χ1v) is 12.3. The molecule has 15 heteroatoms. The molecule has 176 valence electrons. The Bertz CT molecular complexity index is 1320. The van der Waals surface area contributed by atoms with Crippen molar-refractivity contribution in [3.8, 4) is 0 Å². The van der Waals surface area contributed by atoms with Crippen molar-refractivity contribution >= 4 is 43.8 Å². The second kappa shape index (κ2) is 10.1. The Morgan fingerprint density at radius 2 is 1.21 bits per heavy atom. The van der Waals surface area contributed by atoms with Gasteiger partial charge in [-0.25, -0.2) is 0 Å². The van der Waals surface area contributed by atoms with Crippen LogP contribution in [-0.4, -0.2) is 54.0 Å². The van der Waals surface area contributed by atoms with Gasteiger partial charge in [0.05, 0.1) is 9.79 Å². The van der Waals surface area contributed by atoms with Gasteiger partial charge in [-0.3, -0.25) is 9.11 Å². The lowest BCUT2D eigenvalue weighted by atomic mass is 10.2. The fourth-order valence-electron chi connectivity index (χ4n) is 2.57. The van der Waals surface area contributed by atoms with Crippen LogP contribution in [0.3, 0.4) is 0 Å². The highest BCUT2D eigenvalue weighted by Crippen LogP contribution is 2.19. The second-order valence-corrected chi connectivity index (χ2v) is 9.46. The van der Waals surface area contributed by atoms with E-state index >= 15 is 0 Å². The molecule has 7 N–H and O–H groups in total. The molecule has 0 atom stereocenters. The number of aromatic nitrogens is 3. The zero-order valence-corrected chi connectivity index (χ0v) is 18.6. The summed E-state index contributed by atoms with van der Waals surface area (Å²) in [5.41, 5.74) is 6.67. The fourth-order valence-corrected chi connectivity index (χ4v) is 3.53. The van der Waals surface area contributed by atoms with Crippen LogP contribution in [0, 0.1) is 0 Å². The normalized spacial score (nSPS) is 11.7. The highest BCUT2D eigenvalue weighted by molar-refractivity contribution is 7.86. The number of nitrogens with two attached hydrogens (primary N) is 1. The molecular formula is C18H21N7O6S2. The lowest BCUT2D eigenvalue weighted by Gasteiger charge is -2.11. The van der Waals surface area contributed by atoms with Gasteiger partial charge in [0.15, 0.2) is 0 Å². The minimum atomic E-state index is -4.31. The van der Waals surface area contributed by atoms with Crippen LogP contribution in [-0.2, 0) is 26.8 Å². The summed E-state index contributed by atoms with van der Waals surface area (Å²) in [5, 5.41) is 8.85. The fraction of sp³-hybridized carbons (Fsp3) is 0.167. The van der Waals surface area contributed by atoms with Crippen LogP contribution in [0.15, 0.2) is 58.3 Å². The Labute approximate surface area is 190 Å². The van der Waals surface area contributed by atoms with Crippen LogP contribution in [0.1, 0.15) is 5.56 Å². The maximum Gasteiger partial charge on any atom is 0.294 e. The largest absolute Gasteiger partial charge is 0.353 e. The van der Waals surface area contributed by atoms with Gasteiger partial charge in [0.25, 0.3) is 20.2 Å². The summed E-state index contributed by atoms with van der Waals surface area (Å²) in [4.78, 5) is 12.3. The van der Waals surface area contributed by atoms with Gasteiger partial charge in [0.1, 0.15) is 0 Å². The summed E-state index contributed by atoms with van der Waals surface area (Å²) in [6, 6.07) is 10.9. The van der Waals surface area contributed by atoms with Gasteiger partial charge < -0.3 is 21.7 Å². The van der Waals surface area contributed by atoms with Gasteiger partial charge in [-0.15, -0.1) is 0 Å². The number of hydrogen-bond acceptors (Lipinski definition) is 11. The van der Waals surface area contributed by atoms with Crippen molar-refractivity contribution in [2.75, 3.05) is 29.0 Å². The van der Waals surface area contributed by atoms with Crippen LogP contribution < -0.4 is 21.7 Å². The number of hydrogen-bond donors (Lipinski definition) is 6. The first-order chi connectivity index (χ1) is 15.5. The molecule has 0 unspecified atom stereocenters. The third kappa shape index (κ3) is 7.06. The quantitative estimate of drug-likeness (QED) is 0.218. The van der Waals surface area contributed by atoms with E-state index in [0.29, 0.717) is 24.3 Å². The van der Waals surface area contributed by atoms with Crippen molar-refractivity contribution in [2.24, 2.45) is 5.73 Å². The van der Waals surface area contributed by atoms with Crippen molar-refractivity contribution in [2.45, 2.75) is 16.3 Å². The van der Waals surface area contributed by atoms with Crippen LogP contribution in [0.25, 0.3) is 0 Å². The maximum atomic E-state index is 11.2. The van der Waals surface area contributed by atoms with Crippen LogP contribution >= 0.6 is 0 Å². The van der Waals surface area contributed by atoms with Crippen molar-refractivity contribution in [1.82, 2.24) is 15.0 Å². The molecule has 0 aliphatic carbocycles. The molecule has 33 heavy (non-hydrogen) atoms. The molecule has 0 saturated heterocycles. The highest BCUT2D eigenvalue weighted by Gasteiger charge is 2.11. The van der Waals surface area contributed by atoms with E-state index in [1.165, 1.54) is 48.5 Å². The standard InChI is InChI=1S/C18H21N7O6S2/c19-9-10-20-16-23-17(21-11-12-1-5-14(6-2-12)32(26,27)28)25-18(24-16)22-13-3-7-15(8-4-13)33(29,30)31/h1-8H,9-11,19H2,(H,26,27,28)(H,29,30,31)(H3,20,21,22,23,24,25). The summed E-state index contributed by atoms with van der Waals surface area (Å²) in [5.74, 6) is 0.575. The lowest BCUT2D eigenvalue weighted by Crippen LogP contribution is -2.16. The Morgan fingerprint density at radius 1 is 0.727 bits per heavy atom. The summed E-state index contributed by atoms with van der Waals surface area (Å²) in [6.45, 7) is 0.992. The Hall–Kier alpha value is -3.37. The van der Waals surface area contributed by atoms with Gasteiger partial charge in [-0.05, 0) is 42.0 Å². The van der Waals surface area contributed by atoms with E-state index in [-0.39, 0.29) is 34.2 Å². The average molecular weight is 496 g/mol. The number of benzene rings is 2. The van der Waals surface area contributed by atoms with Crippen molar-refractivity contribution in [3.63, 3.8) is 0 Å². The SMILES string of the molecule is NCCNc1nc(NCc2ccc(S(=O)(=O)O)cc2)nc(Nc2ccc(S(=O)(=O)O)cc2)n1. The topological polar surface area (TPSA) is 210 Å². The maximum absolute atomic E-state index is 11.2. The smallest absolute Gasteiger partial charge is 0.294 e. The number of nitrogens with one attached hydrogen (secondary N) is 3. The van der Waals surface area contributed by atoms with E-state index in [9.17, 15) is 16.8 Å². The Balaban J connectivity index is 1.78. The average Bonchev–Trinajstić information content (AvgIpc) is 2.75. The molecule has 2 aromatic carbocycles.